The third kappa shape index (κ3) is 10.6. The maximum Gasteiger partial charge on any atom is 0.326 e. The quantitative estimate of drug-likeness (QED) is 0.132. The van der Waals surface area contributed by atoms with E-state index in [0.717, 1.165) is 0 Å². The molecule has 3 atom stereocenters. The van der Waals surface area contributed by atoms with E-state index in [9.17, 15) is 28.8 Å². The number of hydrogen-bond acceptors (Lipinski definition) is 12. The molecule has 1 aromatic carbocycles. The van der Waals surface area contributed by atoms with Gasteiger partial charge < -0.3 is 58.1 Å². The van der Waals surface area contributed by atoms with E-state index in [1.807, 2.05) is 0 Å². The van der Waals surface area contributed by atoms with Crippen molar-refractivity contribution in [2.24, 2.45) is 5.73 Å². The summed E-state index contributed by atoms with van der Waals surface area (Å²) in [7, 11) is 0. The van der Waals surface area contributed by atoms with Crippen molar-refractivity contribution in [3.63, 3.8) is 0 Å². The summed E-state index contributed by atoms with van der Waals surface area (Å²) >= 11 is 0. The smallest absolute Gasteiger partial charge is 0.326 e. The Bertz CT molecular complexity index is 1350. The van der Waals surface area contributed by atoms with Crippen LogP contribution in [0, 0.1) is 0 Å². The van der Waals surface area contributed by atoms with Gasteiger partial charge >= 0.3 is 23.9 Å². The lowest BCUT2D eigenvalue weighted by Gasteiger charge is -2.27. The van der Waals surface area contributed by atoms with Crippen molar-refractivity contribution in [2.45, 2.75) is 43.8 Å². The normalized spacial score (nSPS) is 14.7. The standard InChI is InChI=1S/C19H23N7O6.C5H9NO4/c20-19-25-15-14(17(30)26-19)23-11(8-22-15)7-21-10-3-1-9(2-4-10)16(29)24-12(18(31)32)5-6-13(27)28;6-3(5(9)10)1-2-4(7)8/h1-4,11-12,21,23H,5-8H2,(H,24,29)(H,27,28)(H,31,32)(H4,20,22,25,26,30);3H,1-2,6H2,(H,7,8)(H,9,10)/t11?,12-;/m0./s1. The van der Waals surface area contributed by atoms with Gasteiger partial charge in [0, 0.05) is 37.2 Å². The van der Waals surface area contributed by atoms with Crippen LogP contribution in [-0.4, -0.2) is 91.4 Å². The number of amides is 1. The van der Waals surface area contributed by atoms with Gasteiger partial charge in [0.05, 0.1) is 6.04 Å². The number of carbonyl (C=O) groups is 5. The van der Waals surface area contributed by atoms with E-state index in [4.69, 9.17) is 31.9 Å². The Balaban J connectivity index is 0.000000528. The molecule has 228 valence electrons. The van der Waals surface area contributed by atoms with Crippen molar-refractivity contribution in [2.75, 3.05) is 34.8 Å². The average molecular weight is 593 g/mol. The first kappa shape index (κ1) is 32.8. The van der Waals surface area contributed by atoms with Crippen LogP contribution in [0.3, 0.4) is 0 Å². The topological polar surface area (TPSA) is 312 Å². The average Bonchev–Trinajstić information content (AvgIpc) is 2.93. The fraction of sp³-hybridized carbons (Fsp3) is 0.375. The number of carboxylic acid groups (broad SMARTS) is 4. The van der Waals surface area contributed by atoms with Crippen molar-refractivity contribution in [1.29, 1.82) is 0 Å². The van der Waals surface area contributed by atoms with Gasteiger partial charge in [-0.2, -0.15) is 4.98 Å². The lowest BCUT2D eigenvalue weighted by Crippen LogP contribution is -2.41. The highest BCUT2D eigenvalue weighted by Crippen LogP contribution is 2.20. The molecule has 0 aliphatic carbocycles. The molecule has 0 radical (unpaired) electrons. The Kier molecular flexibility index (Phi) is 12.0. The second-order valence-electron chi connectivity index (χ2n) is 9.03. The number of benzene rings is 1. The molecular weight excluding hydrogens is 560 g/mol. The fourth-order valence-electron chi connectivity index (χ4n) is 3.51. The number of carboxylic acids is 4. The molecule has 42 heavy (non-hydrogen) atoms. The number of fused-ring (bicyclic) bond motifs is 1. The minimum atomic E-state index is -1.30. The van der Waals surface area contributed by atoms with Crippen LogP contribution in [0.15, 0.2) is 29.1 Å². The Morgan fingerprint density at radius 2 is 1.60 bits per heavy atom. The summed E-state index contributed by atoms with van der Waals surface area (Å²) in [5.74, 6) is -4.74. The summed E-state index contributed by atoms with van der Waals surface area (Å²) in [6, 6.07) is 3.87. The van der Waals surface area contributed by atoms with Crippen LogP contribution in [0.1, 0.15) is 36.0 Å². The number of carbonyl (C=O) groups excluding carboxylic acids is 1. The molecule has 1 aliphatic rings. The SMILES string of the molecule is NC(CCC(=O)O)C(=O)O.Nc1nc(=O)c2c([nH]1)NCC(CNc1ccc(C(=O)N[C@@H](CCC(=O)O)C(=O)O)cc1)N2. The molecule has 0 saturated heterocycles. The van der Waals surface area contributed by atoms with Gasteiger partial charge in [0.2, 0.25) is 5.95 Å². The number of nitrogens with one attached hydrogen (secondary N) is 5. The lowest BCUT2D eigenvalue weighted by atomic mass is 10.1. The van der Waals surface area contributed by atoms with Crippen LogP contribution in [0.4, 0.5) is 23.1 Å². The summed E-state index contributed by atoms with van der Waals surface area (Å²) in [5, 5.41) is 45.8. The molecule has 0 fully saturated rings. The van der Waals surface area contributed by atoms with E-state index in [2.05, 4.69) is 31.2 Å². The summed E-state index contributed by atoms with van der Waals surface area (Å²) in [4.78, 5) is 72.4. The van der Waals surface area contributed by atoms with Crippen molar-refractivity contribution in [3.8, 4) is 0 Å². The number of rotatable bonds is 13. The first-order chi connectivity index (χ1) is 19.8. The third-order valence-corrected chi connectivity index (χ3v) is 5.75. The molecular formula is C24H32N8O10. The number of hydrogen-bond donors (Lipinski definition) is 11. The first-order valence-corrected chi connectivity index (χ1v) is 12.5. The zero-order chi connectivity index (χ0) is 31.4. The lowest BCUT2D eigenvalue weighted by molar-refractivity contribution is -0.142. The minimum Gasteiger partial charge on any atom is -0.481 e. The van der Waals surface area contributed by atoms with Gasteiger partial charge in [0.1, 0.15) is 23.6 Å². The molecule has 13 N–H and O–H groups in total. The van der Waals surface area contributed by atoms with Crippen LogP contribution >= 0.6 is 0 Å². The summed E-state index contributed by atoms with van der Waals surface area (Å²) in [6.45, 7) is 0.977. The molecule has 0 saturated carbocycles. The maximum absolute atomic E-state index is 12.3. The van der Waals surface area contributed by atoms with Crippen LogP contribution in [0.25, 0.3) is 0 Å². The van der Waals surface area contributed by atoms with Gasteiger partial charge in [0.15, 0.2) is 0 Å². The van der Waals surface area contributed by atoms with Crippen LogP contribution in [-0.2, 0) is 19.2 Å². The molecule has 0 bridgehead atoms. The molecule has 2 unspecified atom stereocenters. The number of nitrogens with zero attached hydrogens (tertiary/aromatic N) is 1. The molecule has 2 aromatic rings. The highest BCUT2D eigenvalue weighted by molar-refractivity contribution is 5.97. The van der Waals surface area contributed by atoms with E-state index < -0.39 is 47.4 Å². The molecule has 1 aromatic heterocycles. The van der Waals surface area contributed by atoms with Gasteiger partial charge in [-0.05, 0) is 37.1 Å². The van der Waals surface area contributed by atoms with Gasteiger partial charge in [-0.3, -0.25) is 24.0 Å². The van der Waals surface area contributed by atoms with Gasteiger partial charge in [-0.15, -0.1) is 0 Å². The van der Waals surface area contributed by atoms with Crippen molar-refractivity contribution >= 4 is 52.9 Å². The summed E-state index contributed by atoms with van der Waals surface area (Å²) in [6.07, 6.45) is -0.811. The highest BCUT2D eigenvalue weighted by Gasteiger charge is 2.23. The zero-order valence-electron chi connectivity index (χ0n) is 22.1. The number of H-pyrrole nitrogens is 1. The van der Waals surface area contributed by atoms with Gasteiger partial charge in [-0.25, -0.2) is 4.79 Å². The molecule has 18 nitrogen and oxygen atoms in total. The molecule has 1 amide bonds. The monoisotopic (exact) mass is 592 g/mol. The Labute approximate surface area is 237 Å². The van der Waals surface area contributed by atoms with Crippen LogP contribution in [0.5, 0.6) is 0 Å². The highest BCUT2D eigenvalue weighted by atomic mass is 16.4. The Morgan fingerprint density at radius 1 is 0.976 bits per heavy atom. The predicted molar refractivity (Wildman–Crippen MR) is 148 cm³/mol. The van der Waals surface area contributed by atoms with Crippen LogP contribution in [0.2, 0.25) is 0 Å². The summed E-state index contributed by atoms with van der Waals surface area (Å²) < 4.78 is 0. The summed E-state index contributed by atoms with van der Waals surface area (Å²) in [5.41, 5.74) is 11.3. The molecule has 1 aliphatic heterocycles. The van der Waals surface area contributed by atoms with E-state index >= 15 is 0 Å². The second-order valence-corrected chi connectivity index (χ2v) is 9.03. The molecule has 3 rings (SSSR count). The number of aromatic amines is 1. The van der Waals surface area contributed by atoms with E-state index in [-0.39, 0.29) is 43.2 Å². The van der Waals surface area contributed by atoms with E-state index in [0.29, 0.717) is 30.3 Å². The molecule has 0 spiro atoms. The minimum absolute atomic E-state index is 0.0231. The maximum atomic E-state index is 12.3. The number of anilines is 4. The fourth-order valence-corrected chi connectivity index (χ4v) is 3.51. The van der Waals surface area contributed by atoms with Crippen LogP contribution < -0.4 is 38.3 Å². The molecule has 18 heteroatoms. The van der Waals surface area contributed by atoms with Crippen molar-refractivity contribution in [1.82, 2.24) is 15.3 Å². The number of nitrogen functional groups attached to an aromatic ring is 1. The largest absolute Gasteiger partial charge is 0.481 e. The van der Waals surface area contributed by atoms with Crippen molar-refractivity contribution in [3.05, 3.63) is 40.2 Å². The number of aromatic nitrogens is 2. The van der Waals surface area contributed by atoms with Gasteiger partial charge in [-0.1, -0.05) is 0 Å². The van der Waals surface area contributed by atoms with E-state index in [1.54, 1.807) is 12.1 Å². The zero-order valence-corrected chi connectivity index (χ0v) is 22.1. The number of aliphatic carboxylic acids is 4. The van der Waals surface area contributed by atoms with Gasteiger partial charge in [0.25, 0.3) is 11.5 Å². The predicted octanol–water partition coefficient (Wildman–Crippen LogP) is -1.02. The Morgan fingerprint density at radius 3 is 2.17 bits per heavy atom. The molecule has 2 heterocycles. The third-order valence-electron chi connectivity index (χ3n) is 5.75. The van der Waals surface area contributed by atoms with E-state index in [1.165, 1.54) is 12.1 Å². The second kappa shape index (κ2) is 15.4. The van der Waals surface area contributed by atoms with Crippen molar-refractivity contribution < 1.29 is 44.4 Å². The first-order valence-electron chi connectivity index (χ1n) is 12.5. The number of nitrogens with two attached hydrogens (primary N) is 2. The Hall–Kier alpha value is -5.39.